The van der Waals surface area contributed by atoms with Crippen molar-refractivity contribution in [3.8, 4) is 0 Å². The summed E-state index contributed by atoms with van der Waals surface area (Å²) < 4.78 is 0. The van der Waals surface area contributed by atoms with Crippen LogP contribution in [0.5, 0.6) is 0 Å². The van der Waals surface area contributed by atoms with Gasteiger partial charge in [-0.25, -0.2) is 9.59 Å². The first kappa shape index (κ1) is 18.3. The molecule has 9 nitrogen and oxygen atoms in total. The molecule has 3 saturated heterocycles. The van der Waals surface area contributed by atoms with Gasteiger partial charge in [-0.1, -0.05) is 18.2 Å². The summed E-state index contributed by atoms with van der Waals surface area (Å²) >= 11 is 0. The number of fused-ring (bicyclic) bond motifs is 1. The molecule has 2 unspecified atom stereocenters. The van der Waals surface area contributed by atoms with Crippen LogP contribution in [0.15, 0.2) is 24.3 Å². The van der Waals surface area contributed by atoms with E-state index in [2.05, 4.69) is 16.0 Å². The fraction of sp³-hybridized carbons (Fsp3) is 0.474. The van der Waals surface area contributed by atoms with Gasteiger partial charge in [0.05, 0.1) is 13.1 Å². The molecule has 3 N–H and O–H groups in total. The van der Waals surface area contributed by atoms with Crippen LogP contribution in [-0.2, 0) is 16.1 Å². The number of amides is 6. The quantitative estimate of drug-likeness (QED) is 0.671. The first-order valence-electron chi connectivity index (χ1n) is 9.52. The lowest BCUT2D eigenvalue weighted by atomic mass is 9.85. The number of para-hydroxylation sites is 1. The molecule has 0 radical (unpaired) electrons. The summed E-state index contributed by atoms with van der Waals surface area (Å²) in [5.41, 5.74) is 1.28. The van der Waals surface area contributed by atoms with E-state index in [1.54, 1.807) is 29.2 Å². The highest BCUT2D eigenvalue weighted by molar-refractivity contribution is 6.02. The number of nitrogens with one attached hydrogen (secondary N) is 3. The predicted octanol–water partition coefficient (Wildman–Crippen LogP) is 0.871. The SMILES string of the molecule is O=C1CCC2CN(C(=O)Nc3ccccc3CN3C(=O)CNC3=O)CCC2N1. The molecule has 0 bridgehead atoms. The van der Waals surface area contributed by atoms with Gasteiger partial charge in [0.15, 0.2) is 0 Å². The number of imide groups is 1. The molecule has 2 atom stereocenters. The minimum absolute atomic E-state index is 0.000229. The van der Waals surface area contributed by atoms with Crippen LogP contribution in [0.2, 0.25) is 0 Å². The zero-order valence-corrected chi connectivity index (χ0v) is 15.4. The zero-order valence-electron chi connectivity index (χ0n) is 15.4. The molecule has 3 aliphatic heterocycles. The Bertz CT molecular complexity index is 810. The summed E-state index contributed by atoms with van der Waals surface area (Å²) in [7, 11) is 0. The van der Waals surface area contributed by atoms with E-state index in [4.69, 9.17) is 0 Å². The van der Waals surface area contributed by atoms with Crippen molar-refractivity contribution in [3.63, 3.8) is 0 Å². The number of hydrogen-bond donors (Lipinski definition) is 3. The summed E-state index contributed by atoms with van der Waals surface area (Å²) in [4.78, 5) is 50.9. The number of likely N-dealkylation sites (tertiary alicyclic amines) is 1. The molecule has 28 heavy (non-hydrogen) atoms. The maximum Gasteiger partial charge on any atom is 0.324 e. The van der Waals surface area contributed by atoms with Crippen LogP contribution in [0.1, 0.15) is 24.8 Å². The highest BCUT2D eigenvalue weighted by atomic mass is 16.2. The van der Waals surface area contributed by atoms with Gasteiger partial charge in [0.25, 0.3) is 0 Å². The molecule has 6 amide bonds. The lowest BCUT2D eigenvalue weighted by Gasteiger charge is -2.41. The minimum Gasteiger partial charge on any atom is -0.353 e. The summed E-state index contributed by atoms with van der Waals surface area (Å²) in [6, 6.07) is 6.68. The molecule has 3 heterocycles. The zero-order chi connectivity index (χ0) is 19.7. The Hall–Kier alpha value is -3.10. The molecule has 3 fully saturated rings. The topological polar surface area (TPSA) is 111 Å². The van der Waals surface area contributed by atoms with Crippen LogP contribution in [0.3, 0.4) is 0 Å². The van der Waals surface area contributed by atoms with Gasteiger partial charge in [-0.05, 0) is 30.4 Å². The number of carbonyl (C=O) groups excluding carboxylic acids is 4. The fourth-order valence-electron chi connectivity index (χ4n) is 4.05. The minimum atomic E-state index is -0.424. The highest BCUT2D eigenvalue weighted by Gasteiger charge is 2.35. The van der Waals surface area contributed by atoms with Gasteiger partial charge < -0.3 is 20.9 Å². The Morgan fingerprint density at radius 2 is 2.00 bits per heavy atom. The maximum atomic E-state index is 12.8. The monoisotopic (exact) mass is 385 g/mol. The first-order valence-corrected chi connectivity index (χ1v) is 9.52. The number of benzene rings is 1. The van der Waals surface area contributed by atoms with Crippen LogP contribution in [-0.4, -0.2) is 59.4 Å². The summed E-state index contributed by atoms with van der Waals surface area (Å²) in [5, 5.41) is 8.42. The molecule has 4 rings (SSSR count). The third-order valence-electron chi connectivity index (χ3n) is 5.63. The van der Waals surface area contributed by atoms with Crippen molar-refractivity contribution in [1.29, 1.82) is 0 Å². The average molecular weight is 385 g/mol. The lowest BCUT2D eigenvalue weighted by Crippen LogP contribution is -2.55. The number of nitrogens with zero attached hydrogens (tertiary/aromatic N) is 2. The van der Waals surface area contributed by atoms with E-state index in [9.17, 15) is 19.2 Å². The van der Waals surface area contributed by atoms with Crippen LogP contribution in [0.4, 0.5) is 15.3 Å². The Morgan fingerprint density at radius 3 is 2.79 bits per heavy atom. The Kier molecular flexibility index (Phi) is 4.89. The third kappa shape index (κ3) is 3.64. The molecule has 0 saturated carbocycles. The van der Waals surface area contributed by atoms with Gasteiger partial charge in [0.2, 0.25) is 11.8 Å². The van der Waals surface area contributed by atoms with Gasteiger partial charge in [-0.2, -0.15) is 0 Å². The van der Waals surface area contributed by atoms with Gasteiger partial charge in [-0.15, -0.1) is 0 Å². The normalized spacial score (nSPS) is 24.5. The number of urea groups is 2. The van der Waals surface area contributed by atoms with Crippen LogP contribution < -0.4 is 16.0 Å². The first-order chi connectivity index (χ1) is 13.5. The average Bonchev–Trinajstić information content (AvgIpc) is 3.01. The molecule has 1 aromatic rings. The molecular weight excluding hydrogens is 362 g/mol. The Labute approximate surface area is 162 Å². The summed E-state index contributed by atoms with van der Waals surface area (Å²) in [5.74, 6) is 0.0829. The second-order valence-corrected chi connectivity index (χ2v) is 7.43. The van der Waals surface area contributed by atoms with Crippen molar-refractivity contribution in [3.05, 3.63) is 29.8 Å². The maximum absolute atomic E-state index is 12.8. The number of piperidine rings is 2. The predicted molar refractivity (Wildman–Crippen MR) is 100 cm³/mol. The van der Waals surface area contributed by atoms with Crippen LogP contribution >= 0.6 is 0 Å². The van der Waals surface area contributed by atoms with Crippen molar-refractivity contribution in [2.45, 2.75) is 31.8 Å². The second kappa shape index (κ2) is 7.49. The standard InChI is InChI=1S/C19H23N5O4/c25-16-6-5-13-10-23(8-7-15(13)21-16)19(28)22-14-4-2-1-3-12(14)11-24-17(26)9-20-18(24)27/h1-4,13,15H,5-11H2,(H,20,27)(H,21,25)(H,22,28). The molecular formula is C19H23N5O4. The fourth-order valence-corrected chi connectivity index (χ4v) is 4.05. The molecule has 0 spiro atoms. The molecule has 148 valence electrons. The van der Waals surface area contributed by atoms with E-state index in [-0.39, 0.29) is 42.9 Å². The van der Waals surface area contributed by atoms with Crippen LogP contribution in [0, 0.1) is 5.92 Å². The van der Waals surface area contributed by atoms with Crippen LogP contribution in [0.25, 0.3) is 0 Å². The van der Waals surface area contributed by atoms with Gasteiger partial charge in [0, 0.05) is 31.2 Å². The van der Waals surface area contributed by atoms with E-state index in [0.717, 1.165) is 17.7 Å². The molecule has 3 aliphatic rings. The van der Waals surface area contributed by atoms with E-state index >= 15 is 0 Å². The van der Waals surface area contributed by atoms with Gasteiger partial charge in [-0.3, -0.25) is 14.5 Å². The number of carbonyl (C=O) groups is 4. The second-order valence-electron chi connectivity index (χ2n) is 7.43. The largest absolute Gasteiger partial charge is 0.353 e. The van der Waals surface area contributed by atoms with Crippen molar-refractivity contribution in [1.82, 2.24) is 20.4 Å². The molecule has 0 aromatic heterocycles. The van der Waals surface area contributed by atoms with Crippen molar-refractivity contribution in [2.75, 3.05) is 25.0 Å². The number of anilines is 1. The Balaban J connectivity index is 1.42. The van der Waals surface area contributed by atoms with Crippen molar-refractivity contribution < 1.29 is 19.2 Å². The van der Waals surface area contributed by atoms with Gasteiger partial charge >= 0.3 is 12.1 Å². The van der Waals surface area contributed by atoms with E-state index in [1.165, 1.54) is 0 Å². The molecule has 1 aromatic carbocycles. The van der Waals surface area contributed by atoms with E-state index in [0.29, 0.717) is 30.8 Å². The smallest absolute Gasteiger partial charge is 0.324 e. The highest BCUT2D eigenvalue weighted by Crippen LogP contribution is 2.26. The summed E-state index contributed by atoms with van der Waals surface area (Å²) in [6.45, 7) is 1.28. The molecule has 0 aliphatic carbocycles. The van der Waals surface area contributed by atoms with Crippen molar-refractivity contribution in [2.24, 2.45) is 5.92 Å². The van der Waals surface area contributed by atoms with E-state index in [1.807, 2.05) is 0 Å². The Morgan fingerprint density at radius 1 is 1.18 bits per heavy atom. The lowest BCUT2D eigenvalue weighted by molar-refractivity contribution is -0.126. The molecule has 9 heteroatoms. The van der Waals surface area contributed by atoms with E-state index < -0.39 is 6.03 Å². The number of hydrogen-bond acceptors (Lipinski definition) is 4. The van der Waals surface area contributed by atoms with Gasteiger partial charge in [0.1, 0.15) is 0 Å². The third-order valence-corrected chi connectivity index (χ3v) is 5.63. The van der Waals surface area contributed by atoms with Crippen molar-refractivity contribution >= 4 is 29.6 Å². The summed E-state index contributed by atoms with van der Waals surface area (Å²) in [6.07, 6.45) is 2.04. The number of rotatable bonds is 3.